The van der Waals surface area contributed by atoms with E-state index in [-0.39, 0.29) is 12.4 Å². The lowest BCUT2D eigenvalue weighted by atomic mass is 10.1. The Labute approximate surface area is 186 Å². The first kappa shape index (κ1) is 20.6. The Balaban J connectivity index is 1.66. The summed E-state index contributed by atoms with van der Waals surface area (Å²) in [7, 11) is 0. The van der Waals surface area contributed by atoms with Gasteiger partial charge in [-0.15, -0.1) is 0 Å². The molecule has 3 heterocycles. The van der Waals surface area contributed by atoms with Crippen molar-refractivity contribution in [2.24, 2.45) is 0 Å². The minimum absolute atomic E-state index is 0.211. The minimum Gasteiger partial charge on any atom is -0.391 e. The van der Waals surface area contributed by atoms with E-state index in [9.17, 15) is 9.50 Å². The highest BCUT2D eigenvalue weighted by atomic mass is 19.1. The van der Waals surface area contributed by atoms with Crippen LogP contribution in [0.5, 0.6) is 0 Å². The zero-order valence-electron chi connectivity index (χ0n) is 18.1. The molecule has 1 aliphatic heterocycles. The highest BCUT2D eigenvalue weighted by Crippen LogP contribution is 2.32. The fourth-order valence-corrected chi connectivity index (χ4v) is 4.50. The van der Waals surface area contributed by atoms with Crippen molar-refractivity contribution in [2.75, 3.05) is 44.2 Å². The molecule has 0 bridgehead atoms. The zero-order valence-corrected chi connectivity index (χ0v) is 18.1. The van der Waals surface area contributed by atoms with Crippen molar-refractivity contribution in [1.82, 2.24) is 14.6 Å². The molecule has 0 radical (unpaired) electrons. The summed E-state index contributed by atoms with van der Waals surface area (Å²) in [6.07, 6.45) is 0. The van der Waals surface area contributed by atoms with E-state index in [0.29, 0.717) is 0 Å². The summed E-state index contributed by atoms with van der Waals surface area (Å²) in [5, 5.41) is 14.2. The van der Waals surface area contributed by atoms with Crippen molar-refractivity contribution >= 4 is 11.5 Å². The number of benzene rings is 2. The topological polar surface area (TPSA) is 58.1 Å². The van der Waals surface area contributed by atoms with Crippen LogP contribution in [0.4, 0.5) is 10.2 Å². The lowest BCUT2D eigenvalue weighted by Gasteiger charge is -2.33. The second kappa shape index (κ2) is 8.68. The molecule has 6 nitrogen and oxygen atoms in total. The molecule has 32 heavy (non-hydrogen) atoms. The molecular weight excluding hydrogens is 405 g/mol. The van der Waals surface area contributed by atoms with Crippen LogP contribution in [-0.2, 0) is 0 Å². The molecule has 2 aromatic carbocycles. The molecule has 1 fully saturated rings. The van der Waals surface area contributed by atoms with E-state index in [1.165, 1.54) is 17.0 Å². The van der Waals surface area contributed by atoms with Crippen LogP contribution in [0.3, 0.4) is 0 Å². The van der Waals surface area contributed by atoms with Crippen LogP contribution in [-0.4, -0.2) is 59.0 Å². The van der Waals surface area contributed by atoms with Crippen LogP contribution < -0.4 is 9.80 Å². The fourth-order valence-electron chi connectivity index (χ4n) is 4.50. The molecule has 0 saturated carbocycles. The van der Waals surface area contributed by atoms with Crippen molar-refractivity contribution < 1.29 is 14.4 Å². The Kier molecular flexibility index (Phi) is 5.59. The normalized spacial score (nSPS) is 14.9. The molecule has 0 unspecified atom stereocenters. The highest BCUT2D eigenvalue weighted by molar-refractivity contribution is 5.82. The molecule has 1 saturated heterocycles. The van der Waals surface area contributed by atoms with Crippen LogP contribution in [0.2, 0.25) is 0 Å². The SMILES string of the molecule is Cc1nn2c(N3CC[NH+](CCO)CC3)cc(-c3ccc(F)cc3)nc2c1-c1ccccc1. The second-order valence-electron chi connectivity index (χ2n) is 8.28. The van der Waals surface area contributed by atoms with Crippen LogP contribution in [0.15, 0.2) is 60.7 Å². The smallest absolute Gasteiger partial charge is 0.166 e. The van der Waals surface area contributed by atoms with Gasteiger partial charge in [-0.3, -0.25) is 0 Å². The summed E-state index contributed by atoms with van der Waals surface area (Å²) in [4.78, 5) is 8.73. The average Bonchev–Trinajstić information content (AvgIpc) is 3.16. The Morgan fingerprint density at radius 2 is 1.72 bits per heavy atom. The third-order valence-electron chi connectivity index (χ3n) is 6.21. The van der Waals surface area contributed by atoms with E-state index in [4.69, 9.17) is 10.1 Å². The number of quaternary nitrogens is 1. The van der Waals surface area contributed by atoms with E-state index in [1.54, 1.807) is 12.1 Å². The average molecular weight is 433 g/mol. The predicted molar refractivity (Wildman–Crippen MR) is 123 cm³/mol. The number of nitrogens with zero attached hydrogens (tertiary/aromatic N) is 4. The number of aliphatic hydroxyl groups is 1. The Morgan fingerprint density at radius 3 is 2.41 bits per heavy atom. The molecule has 2 aromatic heterocycles. The number of rotatable bonds is 5. The summed E-state index contributed by atoms with van der Waals surface area (Å²) < 4.78 is 15.5. The summed E-state index contributed by atoms with van der Waals surface area (Å²) >= 11 is 0. The molecule has 2 N–H and O–H groups in total. The molecule has 0 atom stereocenters. The number of aryl methyl sites for hydroxylation is 1. The van der Waals surface area contributed by atoms with Gasteiger partial charge >= 0.3 is 0 Å². The van der Waals surface area contributed by atoms with Gasteiger partial charge in [-0.2, -0.15) is 9.61 Å². The maximum Gasteiger partial charge on any atom is 0.166 e. The van der Waals surface area contributed by atoms with E-state index < -0.39 is 0 Å². The van der Waals surface area contributed by atoms with E-state index in [0.717, 1.165) is 72.3 Å². The van der Waals surface area contributed by atoms with Gasteiger partial charge in [0, 0.05) is 17.2 Å². The summed E-state index contributed by atoms with van der Waals surface area (Å²) in [6.45, 7) is 6.67. The standard InChI is InChI=1S/C25H26FN5O/c1-18-24(20-5-3-2-4-6-20)25-27-22(19-7-9-21(26)10-8-19)17-23(31(25)28-18)30-13-11-29(12-14-30)15-16-32/h2-10,17,32H,11-16H2,1H3/p+1. The van der Waals surface area contributed by atoms with Gasteiger partial charge in [0.25, 0.3) is 0 Å². The number of aromatic nitrogens is 3. The largest absolute Gasteiger partial charge is 0.391 e. The number of hydrogen-bond donors (Lipinski definition) is 2. The Bertz CT molecular complexity index is 1210. The van der Waals surface area contributed by atoms with Gasteiger partial charge in [0.1, 0.15) is 18.2 Å². The van der Waals surface area contributed by atoms with Gasteiger partial charge in [-0.05, 0) is 36.8 Å². The molecule has 0 spiro atoms. The van der Waals surface area contributed by atoms with Crippen LogP contribution in [0.25, 0.3) is 28.0 Å². The maximum atomic E-state index is 13.6. The quantitative estimate of drug-likeness (QED) is 0.508. The number of hydrogen-bond acceptors (Lipinski definition) is 4. The number of halogens is 1. The summed E-state index contributed by atoms with van der Waals surface area (Å²) in [6, 6.07) is 18.7. The number of aliphatic hydroxyl groups excluding tert-OH is 1. The van der Waals surface area contributed by atoms with Crippen molar-refractivity contribution in [1.29, 1.82) is 0 Å². The third kappa shape index (κ3) is 3.85. The number of nitrogens with one attached hydrogen (secondary N) is 1. The van der Waals surface area contributed by atoms with Crippen LogP contribution in [0.1, 0.15) is 5.69 Å². The minimum atomic E-state index is -0.261. The molecule has 164 valence electrons. The van der Waals surface area contributed by atoms with E-state index in [2.05, 4.69) is 23.1 Å². The van der Waals surface area contributed by atoms with Crippen LogP contribution in [0, 0.1) is 12.7 Å². The molecule has 0 amide bonds. The van der Waals surface area contributed by atoms with Crippen molar-refractivity contribution in [3.8, 4) is 22.4 Å². The summed E-state index contributed by atoms with van der Waals surface area (Å²) in [5.41, 5.74) is 5.49. The number of fused-ring (bicyclic) bond motifs is 1. The van der Waals surface area contributed by atoms with E-state index >= 15 is 0 Å². The lowest BCUT2D eigenvalue weighted by molar-refractivity contribution is -0.900. The first-order valence-electron chi connectivity index (χ1n) is 11.0. The molecule has 0 aliphatic carbocycles. The van der Waals surface area contributed by atoms with E-state index in [1.807, 2.05) is 29.6 Å². The lowest BCUT2D eigenvalue weighted by Crippen LogP contribution is -3.15. The Morgan fingerprint density at radius 1 is 1.00 bits per heavy atom. The molecular formula is C25H27FN5O+. The highest BCUT2D eigenvalue weighted by Gasteiger charge is 2.25. The monoisotopic (exact) mass is 432 g/mol. The van der Waals surface area contributed by atoms with Gasteiger partial charge < -0.3 is 14.9 Å². The molecule has 1 aliphatic rings. The molecule has 7 heteroatoms. The molecule has 5 rings (SSSR count). The van der Waals surface area contributed by atoms with Crippen molar-refractivity contribution in [3.63, 3.8) is 0 Å². The zero-order chi connectivity index (χ0) is 22.1. The summed E-state index contributed by atoms with van der Waals surface area (Å²) in [5.74, 6) is 0.728. The van der Waals surface area contributed by atoms with Gasteiger partial charge in [0.15, 0.2) is 5.65 Å². The third-order valence-corrected chi connectivity index (χ3v) is 6.21. The van der Waals surface area contributed by atoms with Crippen molar-refractivity contribution in [2.45, 2.75) is 6.92 Å². The van der Waals surface area contributed by atoms with Crippen molar-refractivity contribution in [3.05, 3.63) is 72.2 Å². The fraction of sp³-hybridized carbons (Fsp3) is 0.280. The number of anilines is 1. The van der Waals surface area contributed by atoms with Gasteiger partial charge in [0.05, 0.1) is 44.2 Å². The second-order valence-corrected chi connectivity index (χ2v) is 8.28. The van der Waals surface area contributed by atoms with Gasteiger partial charge in [-0.1, -0.05) is 30.3 Å². The maximum absolute atomic E-state index is 13.6. The Hall–Kier alpha value is -3.29. The predicted octanol–water partition coefficient (Wildman–Crippen LogP) is 2.21. The number of piperazine rings is 1. The van der Waals surface area contributed by atoms with Gasteiger partial charge in [0.2, 0.25) is 0 Å². The van der Waals surface area contributed by atoms with Crippen LogP contribution >= 0.6 is 0 Å². The first-order chi connectivity index (χ1) is 15.6. The van der Waals surface area contributed by atoms with Gasteiger partial charge in [-0.25, -0.2) is 9.37 Å². The first-order valence-corrected chi connectivity index (χ1v) is 11.0. The molecule has 4 aromatic rings.